The number of ketones is 2. The van der Waals surface area contributed by atoms with Gasteiger partial charge in [0.1, 0.15) is 0 Å². The number of rotatable bonds is 4. The second-order valence-electron chi connectivity index (χ2n) is 3.76. The fourth-order valence-corrected chi connectivity index (χ4v) is 1.60. The molecule has 0 aliphatic heterocycles. The van der Waals surface area contributed by atoms with Gasteiger partial charge in [-0.3, -0.25) is 9.59 Å². The average molecular weight is 251 g/mol. The van der Waals surface area contributed by atoms with Crippen molar-refractivity contribution in [2.75, 3.05) is 0 Å². The van der Waals surface area contributed by atoms with Gasteiger partial charge in [0, 0.05) is 11.1 Å². The maximum absolute atomic E-state index is 11.8. The van der Waals surface area contributed by atoms with E-state index in [0.717, 1.165) is 0 Å². The second kappa shape index (κ2) is 7.09. The molecule has 2 rings (SSSR count). The first kappa shape index (κ1) is 14.6. The largest absolute Gasteiger partial charge is 0.316 e. The summed E-state index contributed by atoms with van der Waals surface area (Å²) in [7, 11) is 0. The molecule has 0 atom stereocenters. The van der Waals surface area contributed by atoms with E-state index in [2.05, 4.69) is 0 Å². The lowest BCUT2D eigenvalue weighted by Gasteiger charge is -2.00. The van der Waals surface area contributed by atoms with E-state index >= 15 is 0 Å². The minimum atomic E-state index is -0.139. The minimum absolute atomic E-state index is 0. The van der Waals surface area contributed by atoms with Crippen molar-refractivity contribution < 1.29 is 9.59 Å². The highest BCUT2D eigenvalue weighted by Crippen LogP contribution is 2.08. The van der Waals surface area contributed by atoms with Crippen LogP contribution in [0, 0.1) is 0 Å². The Hall–Kier alpha value is -1.45. The van der Waals surface area contributed by atoms with Crippen molar-refractivity contribution in [2.24, 2.45) is 0 Å². The average Bonchev–Trinajstić information content (AvgIpc) is 2.40. The number of benzene rings is 2. The second-order valence-corrected chi connectivity index (χ2v) is 3.76. The molecule has 0 saturated carbocycles. The molecule has 0 radical (unpaired) electrons. The molecule has 0 aliphatic rings. The van der Waals surface area contributed by atoms with Gasteiger partial charge >= 0.3 is 23.1 Å². The molecule has 2 nitrogen and oxygen atoms in total. The van der Waals surface area contributed by atoms with Crippen LogP contribution in [0.2, 0.25) is 0 Å². The van der Waals surface area contributed by atoms with E-state index in [0.29, 0.717) is 11.1 Å². The SMILES string of the molecule is O=C(CC(=O)c1ccccc1)c1ccccc1.[MgH2]. The van der Waals surface area contributed by atoms with Gasteiger partial charge in [0.2, 0.25) is 0 Å². The van der Waals surface area contributed by atoms with E-state index in [1.54, 1.807) is 48.5 Å². The molecule has 0 aromatic heterocycles. The number of carbonyl (C=O) groups excluding carboxylic acids is 2. The van der Waals surface area contributed by atoms with Crippen LogP contribution in [0.1, 0.15) is 27.1 Å². The van der Waals surface area contributed by atoms with Gasteiger partial charge in [-0.2, -0.15) is 0 Å². The Morgan fingerprint density at radius 2 is 1.00 bits per heavy atom. The van der Waals surface area contributed by atoms with Crippen LogP contribution in [0.25, 0.3) is 0 Å². The van der Waals surface area contributed by atoms with Crippen molar-refractivity contribution in [1.29, 1.82) is 0 Å². The highest BCUT2D eigenvalue weighted by Gasteiger charge is 2.12. The molecule has 0 bridgehead atoms. The van der Waals surface area contributed by atoms with Gasteiger partial charge in [0.25, 0.3) is 0 Å². The fourth-order valence-electron chi connectivity index (χ4n) is 1.60. The third kappa shape index (κ3) is 3.79. The molecule has 0 saturated heterocycles. The summed E-state index contributed by atoms with van der Waals surface area (Å²) < 4.78 is 0. The van der Waals surface area contributed by atoms with Crippen LogP contribution in [0.15, 0.2) is 60.7 Å². The lowest BCUT2D eigenvalue weighted by molar-refractivity contribution is 0.0894. The van der Waals surface area contributed by atoms with Crippen LogP contribution in [0.4, 0.5) is 0 Å². The minimum Gasteiger partial charge on any atom is -0.294 e. The lowest BCUT2D eigenvalue weighted by Crippen LogP contribution is -2.08. The number of carbonyl (C=O) groups is 2. The van der Waals surface area contributed by atoms with E-state index in [9.17, 15) is 9.59 Å². The van der Waals surface area contributed by atoms with Crippen molar-refractivity contribution in [3.8, 4) is 0 Å². The van der Waals surface area contributed by atoms with Crippen molar-refractivity contribution >= 4 is 34.6 Å². The maximum Gasteiger partial charge on any atom is 0.316 e. The van der Waals surface area contributed by atoms with Crippen molar-refractivity contribution in [1.82, 2.24) is 0 Å². The van der Waals surface area contributed by atoms with Gasteiger partial charge in [0.05, 0.1) is 6.42 Å². The van der Waals surface area contributed by atoms with Crippen LogP contribution in [0.3, 0.4) is 0 Å². The molecule has 0 aliphatic carbocycles. The zero-order valence-corrected chi connectivity index (χ0v) is 9.30. The molecule has 2 aromatic carbocycles. The molecular weight excluding hydrogens is 236 g/mol. The van der Waals surface area contributed by atoms with Gasteiger partial charge in [-0.1, -0.05) is 60.7 Å². The summed E-state index contributed by atoms with van der Waals surface area (Å²) in [6.45, 7) is 0. The van der Waals surface area contributed by atoms with Crippen LogP contribution in [-0.4, -0.2) is 34.6 Å². The van der Waals surface area contributed by atoms with Gasteiger partial charge in [-0.05, 0) is 0 Å². The number of Topliss-reactive ketones (excluding diaryl/α,β-unsaturated/α-hetero) is 2. The zero-order chi connectivity index (χ0) is 12.1. The number of hydrogen-bond acceptors (Lipinski definition) is 2. The normalized spacial score (nSPS) is 9.33. The molecule has 88 valence electrons. The Balaban J connectivity index is 0.00000162. The van der Waals surface area contributed by atoms with Gasteiger partial charge < -0.3 is 0 Å². The van der Waals surface area contributed by atoms with Crippen LogP contribution < -0.4 is 0 Å². The molecule has 0 N–H and O–H groups in total. The van der Waals surface area contributed by atoms with Crippen molar-refractivity contribution in [3.05, 3.63) is 71.8 Å². The predicted molar refractivity (Wildman–Crippen MR) is 74.7 cm³/mol. The Morgan fingerprint density at radius 3 is 1.33 bits per heavy atom. The first-order valence-electron chi connectivity index (χ1n) is 5.44. The molecule has 0 fully saturated rings. The Kier molecular flexibility index (Phi) is 5.75. The molecular formula is C15H14MgO2. The van der Waals surface area contributed by atoms with Crippen molar-refractivity contribution in [3.63, 3.8) is 0 Å². The summed E-state index contributed by atoms with van der Waals surface area (Å²) in [5.41, 5.74) is 1.16. The van der Waals surface area contributed by atoms with E-state index in [1.807, 2.05) is 12.1 Å². The zero-order valence-electron chi connectivity index (χ0n) is 9.30. The summed E-state index contributed by atoms with van der Waals surface area (Å²) in [4.78, 5) is 23.6. The first-order chi connectivity index (χ1) is 8.27. The van der Waals surface area contributed by atoms with Gasteiger partial charge in [-0.15, -0.1) is 0 Å². The maximum atomic E-state index is 11.8. The topological polar surface area (TPSA) is 34.1 Å². The highest BCUT2D eigenvalue weighted by molar-refractivity contribution is 6.13. The third-order valence-electron chi connectivity index (χ3n) is 2.51. The van der Waals surface area contributed by atoms with E-state index < -0.39 is 0 Å². The summed E-state index contributed by atoms with van der Waals surface area (Å²) in [5, 5.41) is 0. The predicted octanol–water partition coefficient (Wildman–Crippen LogP) is 2.23. The Morgan fingerprint density at radius 1 is 0.667 bits per heavy atom. The van der Waals surface area contributed by atoms with Gasteiger partial charge in [0.15, 0.2) is 11.6 Å². The summed E-state index contributed by atoms with van der Waals surface area (Å²) in [6.07, 6.45) is -0.0754. The fraction of sp³-hybridized carbons (Fsp3) is 0.0667. The standard InChI is InChI=1S/C15H12O2.Mg.2H/c16-14(12-7-3-1-4-8-12)11-15(17)13-9-5-2-6-10-13;;;/h1-10H,11H2;;;. The van der Waals surface area contributed by atoms with Crippen LogP contribution >= 0.6 is 0 Å². The molecule has 0 amide bonds. The number of hydrogen-bond donors (Lipinski definition) is 0. The Bertz CT molecular complexity index is 471. The summed E-state index contributed by atoms with van der Waals surface area (Å²) in [5.74, 6) is -0.279. The Labute approximate surface area is 122 Å². The molecule has 0 unspecified atom stereocenters. The first-order valence-corrected chi connectivity index (χ1v) is 5.44. The van der Waals surface area contributed by atoms with E-state index in [1.165, 1.54) is 0 Å². The van der Waals surface area contributed by atoms with Crippen LogP contribution in [0.5, 0.6) is 0 Å². The van der Waals surface area contributed by atoms with E-state index in [4.69, 9.17) is 0 Å². The van der Waals surface area contributed by atoms with Gasteiger partial charge in [-0.25, -0.2) is 0 Å². The highest BCUT2D eigenvalue weighted by atomic mass is 24.3. The van der Waals surface area contributed by atoms with E-state index in [-0.39, 0.29) is 41.0 Å². The van der Waals surface area contributed by atoms with Crippen LogP contribution in [-0.2, 0) is 0 Å². The molecule has 0 spiro atoms. The smallest absolute Gasteiger partial charge is 0.294 e. The summed E-state index contributed by atoms with van der Waals surface area (Å²) >= 11 is 0. The molecule has 3 heteroatoms. The monoisotopic (exact) mass is 250 g/mol. The quantitative estimate of drug-likeness (QED) is 0.474. The molecule has 0 heterocycles. The lowest BCUT2D eigenvalue weighted by atomic mass is 10.0. The summed E-state index contributed by atoms with van der Waals surface area (Å²) in [6, 6.07) is 17.7. The van der Waals surface area contributed by atoms with Crippen molar-refractivity contribution in [2.45, 2.75) is 6.42 Å². The molecule has 18 heavy (non-hydrogen) atoms. The third-order valence-corrected chi connectivity index (χ3v) is 2.51. The molecule has 2 aromatic rings.